The number of halogens is 1. The molecule has 106 valence electrons. The Hall–Kier alpha value is -1.67. The molecular weight excluding hydrogens is 301 g/mol. The second kappa shape index (κ2) is 7.20. The molecule has 0 saturated heterocycles. The van der Waals surface area contributed by atoms with Gasteiger partial charge in [-0.25, -0.2) is 4.39 Å². The first-order valence-electron chi connectivity index (χ1n) is 5.69. The largest absolute Gasteiger partial charge is 0.468 e. The summed E-state index contributed by atoms with van der Waals surface area (Å²) in [6, 6.07) is 6.23. The van der Waals surface area contributed by atoms with Gasteiger partial charge in [-0.15, -0.1) is 10.2 Å². The molecule has 0 spiro atoms. The molecule has 0 aliphatic rings. The molecule has 0 radical (unpaired) electrons. The van der Waals surface area contributed by atoms with Crippen LogP contribution in [0.3, 0.4) is 0 Å². The molecule has 1 aromatic carbocycles. The highest BCUT2D eigenvalue weighted by Gasteiger charge is 2.07. The number of thioether (sulfide) groups is 1. The van der Waals surface area contributed by atoms with Gasteiger partial charge in [-0.2, -0.15) is 0 Å². The lowest BCUT2D eigenvalue weighted by Crippen LogP contribution is -2.02. The van der Waals surface area contributed by atoms with Crippen LogP contribution in [0.5, 0.6) is 0 Å². The topological polar surface area (TPSA) is 64.1 Å². The molecule has 1 heterocycles. The third kappa shape index (κ3) is 4.46. The van der Waals surface area contributed by atoms with Gasteiger partial charge in [0.15, 0.2) is 4.34 Å². The minimum Gasteiger partial charge on any atom is -0.468 e. The lowest BCUT2D eigenvalue weighted by Gasteiger charge is -2.01. The average Bonchev–Trinajstić information content (AvgIpc) is 2.92. The number of nitrogens with zero attached hydrogens (tertiary/aromatic N) is 2. The Morgan fingerprint density at radius 1 is 1.40 bits per heavy atom. The number of esters is 1. The van der Waals surface area contributed by atoms with Gasteiger partial charge in [0.25, 0.3) is 0 Å². The Morgan fingerprint density at radius 2 is 2.15 bits per heavy atom. The van der Waals surface area contributed by atoms with E-state index in [1.165, 1.54) is 42.3 Å². The van der Waals surface area contributed by atoms with Crippen molar-refractivity contribution in [1.82, 2.24) is 10.2 Å². The quantitative estimate of drug-likeness (QED) is 0.653. The minimum absolute atomic E-state index is 0.211. The first-order chi connectivity index (χ1) is 9.67. The summed E-state index contributed by atoms with van der Waals surface area (Å²) in [4.78, 5) is 11.0. The zero-order valence-electron chi connectivity index (χ0n) is 10.6. The van der Waals surface area contributed by atoms with Gasteiger partial charge in [0, 0.05) is 6.54 Å². The third-order valence-corrected chi connectivity index (χ3v) is 4.29. The van der Waals surface area contributed by atoms with E-state index in [2.05, 4.69) is 20.3 Å². The molecule has 8 heteroatoms. The first-order valence-corrected chi connectivity index (χ1v) is 7.49. The van der Waals surface area contributed by atoms with E-state index in [1.54, 1.807) is 12.1 Å². The van der Waals surface area contributed by atoms with E-state index in [0.29, 0.717) is 16.0 Å². The highest BCUT2D eigenvalue weighted by molar-refractivity contribution is 8.01. The first kappa shape index (κ1) is 14.7. The second-order valence-electron chi connectivity index (χ2n) is 3.72. The predicted molar refractivity (Wildman–Crippen MR) is 76.4 cm³/mol. The number of ether oxygens (including phenoxy) is 1. The summed E-state index contributed by atoms with van der Waals surface area (Å²) in [6.45, 7) is 0.538. The van der Waals surface area contributed by atoms with Crippen molar-refractivity contribution in [3.05, 3.63) is 35.6 Å². The fraction of sp³-hybridized carbons (Fsp3) is 0.250. The Kier molecular flexibility index (Phi) is 5.31. The maximum absolute atomic E-state index is 12.8. The van der Waals surface area contributed by atoms with Crippen LogP contribution in [-0.4, -0.2) is 29.0 Å². The Balaban J connectivity index is 1.83. The molecule has 0 amide bonds. The van der Waals surface area contributed by atoms with E-state index in [1.807, 2.05) is 0 Å². The molecule has 1 aromatic heterocycles. The number of carbonyl (C=O) groups excluding carboxylic acids is 1. The molecule has 2 aromatic rings. The predicted octanol–water partition coefficient (Wildman–Crippen LogP) is 2.55. The fourth-order valence-electron chi connectivity index (χ4n) is 1.30. The number of anilines is 1. The van der Waals surface area contributed by atoms with Crippen molar-refractivity contribution < 1.29 is 13.9 Å². The van der Waals surface area contributed by atoms with Crippen molar-refractivity contribution in [3.8, 4) is 0 Å². The number of hydrogen-bond donors (Lipinski definition) is 1. The van der Waals surface area contributed by atoms with E-state index in [0.717, 1.165) is 5.56 Å². The summed E-state index contributed by atoms with van der Waals surface area (Å²) < 4.78 is 18.0. The summed E-state index contributed by atoms with van der Waals surface area (Å²) in [7, 11) is 1.35. The maximum atomic E-state index is 12.8. The summed E-state index contributed by atoms with van der Waals surface area (Å²) >= 11 is 2.63. The number of hydrogen-bond acceptors (Lipinski definition) is 7. The van der Waals surface area contributed by atoms with Crippen molar-refractivity contribution in [1.29, 1.82) is 0 Å². The number of nitrogens with one attached hydrogen (secondary N) is 1. The highest BCUT2D eigenvalue weighted by atomic mass is 32.2. The van der Waals surface area contributed by atoms with Gasteiger partial charge in [-0.1, -0.05) is 35.2 Å². The Morgan fingerprint density at radius 3 is 2.85 bits per heavy atom. The third-order valence-electron chi connectivity index (χ3n) is 2.30. The molecule has 2 rings (SSSR count). The van der Waals surface area contributed by atoms with E-state index >= 15 is 0 Å². The van der Waals surface area contributed by atoms with E-state index in [-0.39, 0.29) is 17.5 Å². The fourth-order valence-corrected chi connectivity index (χ4v) is 2.88. The van der Waals surface area contributed by atoms with Crippen LogP contribution in [0.2, 0.25) is 0 Å². The van der Waals surface area contributed by atoms with Crippen LogP contribution in [0.15, 0.2) is 28.6 Å². The number of benzene rings is 1. The Bertz CT molecular complexity index is 574. The van der Waals surface area contributed by atoms with Crippen LogP contribution in [0.25, 0.3) is 0 Å². The molecule has 5 nitrogen and oxygen atoms in total. The second-order valence-corrected chi connectivity index (χ2v) is 5.92. The van der Waals surface area contributed by atoms with Gasteiger partial charge < -0.3 is 10.1 Å². The Labute approximate surface area is 123 Å². The van der Waals surface area contributed by atoms with E-state index in [4.69, 9.17) is 0 Å². The van der Waals surface area contributed by atoms with Crippen molar-refractivity contribution in [2.24, 2.45) is 0 Å². The van der Waals surface area contributed by atoms with Gasteiger partial charge in [0.1, 0.15) is 5.82 Å². The molecule has 0 saturated carbocycles. The van der Waals surface area contributed by atoms with Crippen LogP contribution in [0, 0.1) is 5.82 Å². The molecule has 0 bridgehead atoms. The normalized spacial score (nSPS) is 10.3. The molecule has 0 unspecified atom stereocenters. The zero-order valence-corrected chi connectivity index (χ0v) is 12.3. The summed E-state index contributed by atoms with van der Waals surface area (Å²) in [5.41, 5.74) is 0.949. The molecule has 0 atom stereocenters. The summed E-state index contributed by atoms with van der Waals surface area (Å²) in [6.07, 6.45) is 0. The lowest BCUT2D eigenvalue weighted by atomic mass is 10.2. The van der Waals surface area contributed by atoms with Crippen LogP contribution >= 0.6 is 23.1 Å². The summed E-state index contributed by atoms with van der Waals surface area (Å²) in [5, 5.41) is 11.7. The van der Waals surface area contributed by atoms with Crippen LogP contribution in [-0.2, 0) is 16.1 Å². The molecule has 0 aliphatic carbocycles. The smallest absolute Gasteiger partial charge is 0.316 e. The molecular formula is C12H12FN3O2S2. The maximum Gasteiger partial charge on any atom is 0.316 e. The number of aromatic nitrogens is 2. The SMILES string of the molecule is COC(=O)CSc1nnc(NCc2ccc(F)cc2)s1. The van der Waals surface area contributed by atoms with Crippen LogP contribution < -0.4 is 5.32 Å². The van der Waals surface area contributed by atoms with Gasteiger partial charge in [-0.05, 0) is 17.7 Å². The molecule has 0 fully saturated rings. The molecule has 0 aliphatic heterocycles. The van der Waals surface area contributed by atoms with Crippen LogP contribution in [0.4, 0.5) is 9.52 Å². The number of carbonyl (C=O) groups is 1. The molecule has 1 N–H and O–H groups in total. The van der Waals surface area contributed by atoms with Crippen molar-refractivity contribution in [3.63, 3.8) is 0 Å². The van der Waals surface area contributed by atoms with E-state index in [9.17, 15) is 9.18 Å². The standard InChI is InChI=1S/C12H12FN3O2S2/c1-18-10(17)7-19-12-16-15-11(20-12)14-6-8-2-4-9(13)5-3-8/h2-5H,6-7H2,1H3,(H,14,15). The van der Waals surface area contributed by atoms with Crippen molar-refractivity contribution in [2.45, 2.75) is 10.9 Å². The molecule has 20 heavy (non-hydrogen) atoms. The van der Waals surface area contributed by atoms with Crippen molar-refractivity contribution in [2.75, 3.05) is 18.2 Å². The van der Waals surface area contributed by atoms with Gasteiger partial charge in [-0.3, -0.25) is 4.79 Å². The average molecular weight is 313 g/mol. The van der Waals surface area contributed by atoms with E-state index < -0.39 is 0 Å². The zero-order chi connectivity index (χ0) is 14.4. The lowest BCUT2D eigenvalue weighted by molar-refractivity contribution is -0.137. The minimum atomic E-state index is -0.300. The summed E-state index contributed by atoms with van der Waals surface area (Å²) in [5.74, 6) is -0.347. The van der Waals surface area contributed by atoms with Gasteiger partial charge in [0.05, 0.1) is 12.9 Å². The monoisotopic (exact) mass is 313 g/mol. The van der Waals surface area contributed by atoms with Crippen molar-refractivity contribution >= 4 is 34.2 Å². The number of methoxy groups -OCH3 is 1. The van der Waals surface area contributed by atoms with Crippen LogP contribution in [0.1, 0.15) is 5.56 Å². The van der Waals surface area contributed by atoms with Gasteiger partial charge in [0.2, 0.25) is 5.13 Å². The number of rotatable bonds is 6. The van der Waals surface area contributed by atoms with Gasteiger partial charge >= 0.3 is 5.97 Å². The highest BCUT2D eigenvalue weighted by Crippen LogP contribution is 2.25.